The predicted octanol–water partition coefficient (Wildman–Crippen LogP) is 12.8. The maximum atomic E-state index is 16.7. The van der Waals surface area contributed by atoms with Crippen LogP contribution in [0.2, 0.25) is 0 Å². The van der Waals surface area contributed by atoms with Gasteiger partial charge in [0.25, 0.3) is 13.4 Å². The van der Waals surface area contributed by atoms with Crippen molar-refractivity contribution in [3.8, 4) is 22.5 Å². The highest BCUT2D eigenvalue weighted by molar-refractivity contribution is 7.02. The summed E-state index contributed by atoms with van der Waals surface area (Å²) in [6, 6.07) is 44.7. The Morgan fingerprint density at radius 3 is 1.61 bits per heavy atom. The molecular weight excluding hydrogens is 982 g/mol. The van der Waals surface area contributed by atoms with E-state index in [1.807, 2.05) is 84.9 Å². The van der Waals surface area contributed by atoms with Crippen LogP contribution >= 0.6 is 0 Å². The average molecular weight is 1030 g/mol. The van der Waals surface area contributed by atoms with Crippen LogP contribution in [0.4, 0.5) is 27.9 Å². The van der Waals surface area contributed by atoms with Crippen LogP contribution in [0, 0.1) is 0 Å². The second-order valence-electron chi connectivity index (χ2n) is 20.1. The van der Waals surface area contributed by atoms with Crippen LogP contribution in [0.15, 0.2) is 243 Å². The van der Waals surface area contributed by atoms with Crippen molar-refractivity contribution in [2.75, 3.05) is 9.80 Å². The minimum Gasteiger partial charge on any atom is -0.440 e. The Bertz CT molecular complexity index is 4540. The summed E-state index contributed by atoms with van der Waals surface area (Å²) in [5, 5.41) is 3.46. The van der Waals surface area contributed by atoms with Crippen molar-refractivity contribution in [1.82, 2.24) is 19.9 Å². The Labute approximate surface area is 463 Å². The quantitative estimate of drug-likeness (QED) is 0.0837. The van der Waals surface area contributed by atoms with Gasteiger partial charge in [-0.1, -0.05) is 222 Å². The number of aromatic nitrogens is 4. The van der Waals surface area contributed by atoms with Crippen molar-refractivity contribution in [2.45, 2.75) is 12.8 Å². The number of amides is 2. The van der Waals surface area contributed by atoms with Gasteiger partial charge in [-0.2, -0.15) is 0 Å². The number of hydrogen-bond acceptors (Lipinski definition) is 7. The maximum Gasteiger partial charge on any atom is 0.342 e. The summed E-state index contributed by atoms with van der Waals surface area (Å²) in [6.07, 6.45) is 20.8. The first kappa shape index (κ1) is 48.0. The third kappa shape index (κ3) is 7.10. The van der Waals surface area contributed by atoms with Crippen LogP contribution < -0.4 is 42.6 Å². The maximum absolute atomic E-state index is 16.7. The molecule has 0 bridgehead atoms. The summed E-state index contributed by atoms with van der Waals surface area (Å²) in [5.41, 5.74) is 15.2. The van der Waals surface area contributed by atoms with Gasteiger partial charge in [0.15, 0.2) is 11.6 Å². The van der Waals surface area contributed by atoms with Crippen molar-refractivity contribution in [3.63, 3.8) is 0 Å². The fourth-order valence-corrected chi connectivity index (χ4v) is 12.4. The van der Waals surface area contributed by atoms with Crippen molar-refractivity contribution in [1.29, 1.82) is 0 Å². The van der Waals surface area contributed by atoms with E-state index < -0.39 is 13.4 Å². The molecule has 10 aromatic rings. The molecule has 3 aliphatic heterocycles. The lowest BCUT2D eigenvalue weighted by atomic mass is 9.33. The standard InChI is InChI=1S/C69H48B2N6O3/c1-7-25-42(10-4)59-57(62(47-31-19-14-20-32-47)75-66(74-59)43(11-5)26-8-2)70-50-39-37-44-38-40-51-64-54(44)63(50)76(67-55(70)48-33-21-23-35-52(48)79-67)69(78)77(64)68-56(49-34-22-24-36-53(49)80-68)71(51)58-60(45-27-15-12-16-28-45)72-65(41(6)9-3)73-61(58)46-29-17-13-18-30-46/h7-12,14-17,19-40H,1-6,13,18H2/b42-25+,43-26+. The Morgan fingerprint density at radius 2 is 1.06 bits per heavy atom. The minimum atomic E-state index is -0.621. The largest absolute Gasteiger partial charge is 0.440 e. The van der Waals surface area contributed by atoms with Crippen LogP contribution in [-0.2, 0) is 0 Å². The first-order valence-corrected chi connectivity index (χ1v) is 26.7. The third-order valence-corrected chi connectivity index (χ3v) is 15.8. The molecule has 378 valence electrons. The van der Waals surface area contributed by atoms with E-state index >= 15 is 4.79 Å². The molecule has 14 rings (SSSR count). The van der Waals surface area contributed by atoms with Crippen molar-refractivity contribution in [2.24, 2.45) is 0 Å². The molecule has 2 amide bonds. The van der Waals surface area contributed by atoms with Crippen LogP contribution in [0.1, 0.15) is 35.9 Å². The molecule has 11 heteroatoms. The number of urea groups is 1. The van der Waals surface area contributed by atoms with E-state index in [1.54, 1.807) is 40.2 Å². The molecule has 0 N–H and O–H groups in total. The Hall–Kier alpha value is -10.4. The molecule has 4 aromatic heterocycles. The highest BCUT2D eigenvalue weighted by Gasteiger charge is 2.53. The molecule has 7 heterocycles. The topological polar surface area (TPSA) is 101 Å². The number of benzene rings is 6. The van der Waals surface area contributed by atoms with Gasteiger partial charge in [0.2, 0.25) is 11.8 Å². The zero-order valence-electron chi connectivity index (χ0n) is 43.7. The van der Waals surface area contributed by atoms with Crippen molar-refractivity contribution >= 4 is 130 Å². The van der Waals surface area contributed by atoms with Crippen molar-refractivity contribution in [3.05, 3.63) is 257 Å². The first-order chi connectivity index (χ1) is 39.3. The normalized spacial score (nSPS) is 14.3. The van der Waals surface area contributed by atoms with E-state index in [-0.39, 0.29) is 6.03 Å². The number of para-hydroxylation sites is 2. The highest BCUT2D eigenvalue weighted by Crippen LogP contribution is 2.50. The molecule has 0 saturated heterocycles. The van der Waals surface area contributed by atoms with Gasteiger partial charge in [-0.15, -0.1) is 0 Å². The number of fused-ring (bicyclic) bond motifs is 8. The fraction of sp³-hybridized carbons (Fsp3) is 0.0290. The predicted molar refractivity (Wildman–Crippen MR) is 333 cm³/mol. The van der Waals surface area contributed by atoms with E-state index in [4.69, 9.17) is 28.8 Å². The third-order valence-electron chi connectivity index (χ3n) is 15.8. The van der Waals surface area contributed by atoms with Crippen molar-refractivity contribution < 1.29 is 13.6 Å². The van der Waals surface area contributed by atoms with E-state index in [2.05, 4.69) is 118 Å². The summed E-state index contributed by atoms with van der Waals surface area (Å²) < 4.78 is 14.3. The van der Waals surface area contributed by atoms with Gasteiger partial charge in [-0.05, 0) is 74.5 Å². The van der Waals surface area contributed by atoms with E-state index in [1.165, 1.54) is 0 Å². The van der Waals surface area contributed by atoms with Crippen LogP contribution in [0.25, 0.3) is 77.5 Å². The zero-order chi connectivity index (χ0) is 54.3. The Balaban J connectivity index is 1.15. The lowest BCUT2D eigenvalue weighted by molar-refractivity contribution is 0.254. The second kappa shape index (κ2) is 19.0. The average Bonchev–Trinajstić information content (AvgIpc) is 4.25. The molecule has 4 aliphatic rings. The number of nitrogens with zero attached hydrogens (tertiary/aromatic N) is 6. The Kier molecular flexibility index (Phi) is 11.4. The van der Waals surface area contributed by atoms with Gasteiger partial charge in [0.05, 0.1) is 34.2 Å². The summed E-state index contributed by atoms with van der Waals surface area (Å²) in [5.74, 6) is 1.72. The molecule has 1 aliphatic carbocycles. The number of allylic oxidation sites excluding steroid dienone is 14. The smallest absolute Gasteiger partial charge is 0.342 e. The SMILES string of the molecule is C=C/C=C(\C=C)c1nc(/C(C=C)=C/C=C)c(B2c3ccc4ccc5c6c4c3N(C(=O)N6c3oc4ccccc4c3B5c3c(C4=CCCC=C4)nc(C(=C)C=C)nc3-c3ccccc3)c3oc4ccccc4c32)c(-c2ccccc2)n1. The summed E-state index contributed by atoms with van der Waals surface area (Å²) in [4.78, 5) is 42.0. The van der Waals surface area contributed by atoms with Gasteiger partial charge < -0.3 is 8.83 Å². The summed E-state index contributed by atoms with van der Waals surface area (Å²) in [7, 11) is 0. The molecule has 9 nitrogen and oxygen atoms in total. The number of furan rings is 2. The molecule has 0 unspecified atom stereocenters. The lowest BCUT2D eigenvalue weighted by Gasteiger charge is -2.43. The molecule has 6 aromatic carbocycles. The Morgan fingerprint density at radius 1 is 0.537 bits per heavy atom. The number of rotatable bonds is 13. The molecular formula is C69H48B2N6O3. The first-order valence-electron chi connectivity index (χ1n) is 26.7. The van der Waals surface area contributed by atoms with Gasteiger partial charge in [-0.3, -0.25) is 0 Å². The molecule has 80 heavy (non-hydrogen) atoms. The minimum absolute atomic E-state index is 0.356. The summed E-state index contributed by atoms with van der Waals surface area (Å²) >= 11 is 0. The van der Waals surface area contributed by atoms with E-state index in [0.29, 0.717) is 68.5 Å². The number of hydrogen-bond donors (Lipinski definition) is 0. The number of carbonyl (C=O) groups is 1. The molecule has 0 spiro atoms. The van der Waals surface area contributed by atoms with Crippen LogP contribution in [0.5, 0.6) is 0 Å². The van der Waals surface area contributed by atoms with Gasteiger partial charge in [0, 0.05) is 38.2 Å². The second-order valence-corrected chi connectivity index (χ2v) is 20.1. The number of carbonyl (C=O) groups excluding carboxylic acids is 1. The van der Waals surface area contributed by atoms with E-state index in [0.717, 1.165) is 101 Å². The summed E-state index contributed by atoms with van der Waals surface area (Å²) in [6.45, 7) is 23.9. The van der Waals surface area contributed by atoms with Gasteiger partial charge in [-0.25, -0.2) is 34.5 Å². The molecule has 0 fully saturated rings. The number of anilines is 4. The molecule has 0 saturated carbocycles. The van der Waals surface area contributed by atoms with Crippen LogP contribution in [-0.4, -0.2) is 39.4 Å². The highest BCUT2D eigenvalue weighted by atomic mass is 16.4. The van der Waals surface area contributed by atoms with E-state index in [9.17, 15) is 0 Å². The lowest BCUT2D eigenvalue weighted by Crippen LogP contribution is -2.64. The zero-order valence-corrected chi connectivity index (χ0v) is 43.7. The molecule has 0 radical (unpaired) electrons. The fourth-order valence-electron chi connectivity index (χ4n) is 12.4. The van der Waals surface area contributed by atoms with Gasteiger partial charge in [0.1, 0.15) is 11.2 Å². The molecule has 0 atom stereocenters. The van der Waals surface area contributed by atoms with Gasteiger partial charge >= 0.3 is 6.03 Å². The monoisotopic (exact) mass is 1030 g/mol. The van der Waals surface area contributed by atoms with Crippen LogP contribution in [0.3, 0.4) is 0 Å².